The van der Waals surface area contributed by atoms with Crippen LogP contribution >= 0.6 is 0 Å². The monoisotopic (exact) mass is 125 g/mol. The van der Waals surface area contributed by atoms with E-state index in [1.54, 1.807) is 0 Å². The molecule has 2 heterocycles. The van der Waals surface area contributed by atoms with Gasteiger partial charge in [-0.1, -0.05) is 6.92 Å². The van der Waals surface area contributed by atoms with Crippen molar-refractivity contribution in [1.29, 1.82) is 0 Å². The van der Waals surface area contributed by atoms with E-state index in [4.69, 9.17) is 0 Å². The average Bonchev–Trinajstić information content (AvgIpc) is 1.87. The second-order valence-electron chi connectivity index (χ2n) is 3.79. The average molecular weight is 125 g/mol. The van der Waals surface area contributed by atoms with Gasteiger partial charge in [0, 0.05) is 12.1 Å². The number of rotatable bonds is 0. The Hall–Kier alpha value is -0.0400. The van der Waals surface area contributed by atoms with Crippen molar-refractivity contribution in [1.82, 2.24) is 4.90 Å². The molecule has 52 valence electrons. The van der Waals surface area contributed by atoms with Crippen molar-refractivity contribution in [3.63, 3.8) is 0 Å². The molecule has 2 aliphatic heterocycles. The predicted octanol–water partition coefficient (Wildman–Crippen LogP) is 1.49. The summed E-state index contributed by atoms with van der Waals surface area (Å²) >= 11 is 0. The molecule has 2 saturated heterocycles. The number of fused-ring (bicyclic) bond motifs is 2. The zero-order chi connectivity index (χ0) is 6.43. The van der Waals surface area contributed by atoms with Crippen molar-refractivity contribution in [3.05, 3.63) is 0 Å². The normalized spacial score (nSPS) is 50.7. The maximum absolute atomic E-state index is 2.54. The van der Waals surface area contributed by atoms with E-state index in [-0.39, 0.29) is 0 Å². The molecule has 0 radical (unpaired) electrons. The van der Waals surface area contributed by atoms with E-state index in [1.165, 1.54) is 19.3 Å². The van der Waals surface area contributed by atoms with Crippen LogP contribution in [0.25, 0.3) is 0 Å². The zero-order valence-corrected chi connectivity index (χ0v) is 6.30. The predicted molar refractivity (Wildman–Crippen MR) is 38.4 cm³/mol. The summed E-state index contributed by atoms with van der Waals surface area (Å²) in [5, 5.41) is 0. The third-order valence-electron chi connectivity index (χ3n) is 3.04. The lowest BCUT2D eigenvalue weighted by Crippen LogP contribution is -2.58. The number of nitrogens with zero attached hydrogens (tertiary/aromatic N) is 1. The van der Waals surface area contributed by atoms with Gasteiger partial charge < -0.3 is 4.90 Å². The minimum atomic E-state index is 0.957. The summed E-state index contributed by atoms with van der Waals surface area (Å²) in [5.41, 5.74) is 0. The summed E-state index contributed by atoms with van der Waals surface area (Å²) in [6.45, 7) is 2.38. The van der Waals surface area contributed by atoms with Crippen LogP contribution in [-0.2, 0) is 0 Å². The Kier molecular flexibility index (Phi) is 1.10. The highest BCUT2D eigenvalue weighted by Gasteiger charge is 2.40. The van der Waals surface area contributed by atoms with Gasteiger partial charge in [-0.05, 0) is 32.2 Å². The lowest BCUT2D eigenvalue weighted by molar-refractivity contribution is -0.0258. The number of hydrogen-bond donors (Lipinski definition) is 0. The van der Waals surface area contributed by atoms with Gasteiger partial charge in [-0.2, -0.15) is 0 Å². The van der Waals surface area contributed by atoms with Gasteiger partial charge in [0.1, 0.15) is 0 Å². The maximum atomic E-state index is 2.54. The van der Waals surface area contributed by atoms with E-state index in [1.807, 2.05) is 0 Å². The molecule has 0 N–H and O–H groups in total. The van der Waals surface area contributed by atoms with Gasteiger partial charge in [-0.15, -0.1) is 0 Å². The number of piperidine rings is 1. The van der Waals surface area contributed by atoms with Crippen molar-refractivity contribution in [2.45, 2.75) is 38.3 Å². The summed E-state index contributed by atoms with van der Waals surface area (Å²) in [6.07, 6.45) is 4.39. The summed E-state index contributed by atoms with van der Waals surface area (Å²) in [6, 6.07) is 1.91. The van der Waals surface area contributed by atoms with E-state index in [2.05, 4.69) is 18.9 Å². The molecule has 1 saturated carbocycles. The molecule has 1 heteroatoms. The highest BCUT2D eigenvalue weighted by atomic mass is 15.2. The zero-order valence-electron chi connectivity index (χ0n) is 6.30. The Morgan fingerprint density at radius 1 is 1.11 bits per heavy atom. The SMILES string of the molecule is CC1CC2C[C@@H](C1)N2C. The molecule has 0 aromatic rings. The molecular formula is C8H15N. The van der Waals surface area contributed by atoms with Crippen LogP contribution in [0.5, 0.6) is 0 Å². The Morgan fingerprint density at radius 3 is 2.00 bits per heavy atom. The molecule has 3 rings (SSSR count). The van der Waals surface area contributed by atoms with Gasteiger partial charge >= 0.3 is 0 Å². The number of hydrogen-bond acceptors (Lipinski definition) is 1. The fourth-order valence-corrected chi connectivity index (χ4v) is 2.36. The van der Waals surface area contributed by atoms with Gasteiger partial charge in [0.25, 0.3) is 0 Å². The summed E-state index contributed by atoms with van der Waals surface area (Å²) in [7, 11) is 2.27. The van der Waals surface area contributed by atoms with Crippen LogP contribution < -0.4 is 0 Å². The molecule has 2 bridgehead atoms. The van der Waals surface area contributed by atoms with Crippen LogP contribution in [0.2, 0.25) is 0 Å². The highest BCUT2D eigenvalue weighted by molar-refractivity contribution is 4.96. The van der Waals surface area contributed by atoms with Crippen LogP contribution in [0.1, 0.15) is 26.2 Å². The minimum absolute atomic E-state index is 0.957. The van der Waals surface area contributed by atoms with Crippen molar-refractivity contribution >= 4 is 0 Å². The fourth-order valence-electron chi connectivity index (χ4n) is 2.36. The second kappa shape index (κ2) is 1.72. The van der Waals surface area contributed by atoms with Gasteiger partial charge in [0.2, 0.25) is 0 Å². The van der Waals surface area contributed by atoms with Gasteiger partial charge in [-0.25, -0.2) is 0 Å². The van der Waals surface area contributed by atoms with Crippen LogP contribution in [0.4, 0.5) is 0 Å². The van der Waals surface area contributed by atoms with E-state index < -0.39 is 0 Å². The quantitative estimate of drug-likeness (QED) is 0.474. The molecule has 0 aromatic heterocycles. The first-order valence-corrected chi connectivity index (χ1v) is 3.99. The van der Waals surface area contributed by atoms with Crippen molar-refractivity contribution < 1.29 is 0 Å². The van der Waals surface area contributed by atoms with Gasteiger partial charge in [-0.3, -0.25) is 0 Å². The molecular weight excluding hydrogens is 110 g/mol. The molecule has 0 amide bonds. The summed E-state index contributed by atoms with van der Waals surface area (Å²) in [5.74, 6) is 1.00. The highest BCUT2D eigenvalue weighted by Crippen LogP contribution is 2.39. The molecule has 0 spiro atoms. The first-order valence-electron chi connectivity index (χ1n) is 3.99. The van der Waals surface area contributed by atoms with Crippen LogP contribution in [0, 0.1) is 5.92 Å². The van der Waals surface area contributed by atoms with E-state index in [0.717, 1.165) is 18.0 Å². The van der Waals surface area contributed by atoms with Crippen molar-refractivity contribution in [2.75, 3.05) is 7.05 Å². The fraction of sp³-hybridized carbons (Fsp3) is 1.00. The van der Waals surface area contributed by atoms with Crippen LogP contribution in [0.3, 0.4) is 0 Å². The minimum Gasteiger partial charge on any atom is -0.300 e. The standard InChI is InChI=1S/C8H15N/c1-6-3-7-5-8(4-6)9(7)2/h6-8H,3-5H2,1-2H3/t6?,7-,8?/m1/s1. The lowest BCUT2D eigenvalue weighted by Gasteiger charge is -2.53. The third-order valence-corrected chi connectivity index (χ3v) is 3.04. The topological polar surface area (TPSA) is 3.24 Å². The van der Waals surface area contributed by atoms with E-state index in [0.29, 0.717) is 0 Å². The summed E-state index contributed by atoms with van der Waals surface area (Å²) < 4.78 is 0. The molecule has 3 atom stereocenters. The Labute approximate surface area is 57.0 Å². The summed E-state index contributed by atoms with van der Waals surface area (Å²) in [4.78, 5) is 2.54. The Balaban J connectivity index is 2.01. The Morgan fingerprint density at radius 2 is 1.67 bits per heavy atom. The van der Waals surface area contributed by atoms with Crippen LogP contribution in [0.15, 0.2) is 0 Å². The molecule has 2 unspecified atom stereocenters. The van der Waals surface area contributed by atoms with E-state index in [9.17, 15) is 0 Å². The molecule has 1 nitrogen and oxygen atoms in total. The Bertz CT molecular complexity index is 110. The molecule has 1 aliphatic carbocycles. The van der Waals surface area contributed by atoms with Crippen LogP contribution in [-0.4, -0.2) is 24.0 Å². The molecule has 3 fully saturated rings. The largest absolute Gasteiger partial charge is 0.300 e. The first-order chi connectivity index (χ1) is 4.27. The molecule has 3 aliphatic rings. The van der Waals surface area contributed by atoms with E-state index >= 15 is 0 Å². The van der Waals surface area contributed by atoms with Crippen molar-refractivity contribution in [2.24, 2.45) is 5.92 Å². The first kappa shape index (κ1) is 5.72. The van der Waals surface area contributed by atoms with Gasteiger partial charge in [0.05, 0.1) is 0 Å². The van der Waals surface area contributed by atoms with Gasteiger partial charge in [0.15, 0.2) is 0 Å². The smallest absolute Gasteiger partial charge is 0.0113 e. The lowest BCUT2D eigenvalue weighted by atomic mass is 9.75. The molecule has 9 heavy (non-hydrogen) atoms. The molecule has 0 aromatic carbocycles. The third kappa shape index (κ3) is 0.710. The maximum Gasteiger partial charge on any atom is 0.0113 e. The van der Waals surface area contributed by atoms with Crippen molar-refractivity contribution in [3.8, 4) is 0 Å². The second-order valence-corrected chi connectivity index (χ2v) is 3.79.